The summed E-state index contributed by atoms with van der Waals surface area (Å²) in [6.45, 7) is 5.16. The van der Waals surface area contributed by atoms with Gasteiger partial charge in [-0.15, -0.1) is 0 Å². The first kappa shape index (κ1) is 11.5. The van der Waals surface area contributed by atoms with Crippen LogP contribution in [0.4, 0.5) is 4.39 Å². The number of nitrogens with one attached hydrogen (secondary N) is 1. The smallest absolute Gasteiger partial charge is 0.287 e. The van der Waals surface area contributed by atoms with Crippen LogP contribution in [0.2, 0.25) is 0 Å². The standard InChI is InChI=1S/C11H13FN4O/c1-5-8(7(3)16(4)15-5)10-13-6(2)9(12)11(17)14-10/h1-4H3,(H,13,14,17). The van der Waals surface area contributed by atoms with Gasteiger partial charge in [0.25, 0.3) is 5.56 Å². The van der Waals surface area contributed by atoms with E-state index in [0.29, 0.717) is 5.82 Å². The van der Waals surface area contributed by atoms with E-state index in [1.807, 2.05) is 13.8 Å². The SMILES string of the molecule is Cc1nn(C)c(C)c1-c1nc(C)c(F)c(=O)[nH]1. The lowest BCUT2D eigenvalue weighted by Gasteiger charge is -2.03. The number of H-pyrrole nitrogens is 1. The number of aryl methyl sites for hydroxylation is 3. The van der Waals surface area contributed by atoms with Gasteiger partial charge in [0.05, 0.1) is 17.0 Å². The summed E-state index contributed by atoms with van der Waals surface area (Å²) in [7, 11) is 1.81. The molecule has 0 aliphatic heterocycles. The van der Waals surface area contributed by atoms with Crippen LogP contribution in [0, 0.1) is 26.6 Å². The number of aromatic amines is 1. The van der Waals surface area contributed by atoms with Gasteiger partial charge < -0.3 is 4.98 Å². The monoisotopic (exact) mass is 236 g/mol. The molecule has 0 saturated carbocycles. The molecule has 2 heterocycles. The predicted octanol–water partition coefficient (Wildman–Crippen LogP) is 1.23. The molecule has 5 nitrogen and oxygen atoms in total. The topological polar surface area (TPSA) is 63.6 Å². The Morgan fingerprint density at radius 3 is 2.35 bits per heavy atom. The summed E-state index contributed by atoms with van der Waals surface area (Å²) in [5.74, 6) is -0.482. The van der Waals surface area contributed by atoms with Gasteiger partial charge in [0.1, 0.15) is 5.82 Å². The fourth-order valence-corrected chi connectivity index (χ4v) is 1.81. The van der Waals surface area contributed by atoms with Crippen LogP contribution in [0.25, 0.3) is 11.4 Å². The molecule has 0 atom stereocenters. The lowest BCUT2D eigenvalue weighted by atomic mass is 10.2. The van der Waals surface area contributed by atoms with Gasteiger partial charge in [0, 0.05) is 12.7 Å². The Hall–Kier alpha value is -1.98. The zero-order valence-electron chi connectivity index (χ0n) is 10.1. The molecule has 1 N–H and O–H groups in total. The highest BCUT2D eigenvalue weighted by atomic mass is 19.1. The Bertz CT molecular complexity index is 642. The number of nitrogens with zero attached hydrogens (tertiary/aromatic N) is 3. The van der Waals surface area contributed by atoms with Crippen molar-refractivity contribution in [3.8, 4) is 11.4 Å². The van der Waals surface area contributed by atoms with E-state index in [9.17, 15) is 9.18 Å². The lowest BCUT2D eigenvalue weighted by molar-refractivity contribution is 0.589. The van der Waals surface area contributed by atoms with E-state index >= 15 is 0 Å². The summed E-state index contributed by atoms with van der Waals surface area (Å²) < 4.78 is 14.9. The Morgan fingerprint density at radius 2 is 1.88 bits per heavy atom. The van der Waals surface area contributed by atoms with Crippen LogP contribution in [0.5, 0.6) is 0 Å². The third-order valence-corrected chi connectivity index (χ3v) is 2.77. The van der Waals surface area contributed by atoms with E-state index in [1.165, 1.54) is 6.92 Å². The highest BCUT2D eigenvalue weighted by Gasteiger charge is 2.16. The average molecular weight is 236 g/mol. The maximum absolute atomic E-state index is 13.2. The first-order chi connectivity index (χ1) is 7.91. The van der Waals surface area contributed by atoms with Gasteiger partial charge in [-0.1, -0.05) is 0 Å². The highest BCUT2D eigenvalue weighted by molar-refractivity contribution is 5.61. The molecule has 0 radical (unpaired) electrons. The van der Waals surface area contributed by atoms with Gasteiger partial charge in [-0.3, -0.25) is 9.48 Å². The minimum absolute atomic E-state index is 0.0893. The van der Waals surface area contributed by atoms with E-state index in [4.69, 9.17) is 0 Å². The van der Waals surface area contributed by atoms with Crippen molar-refractivity contribution < 1.29 is 4.39 Å². The molecular formula is C11H13FN4O. The number of hydrogen-bond donors (Lipinski definition) is 1. The predicted molar refractivity (Wildman–Crippen MR) is 61.2 cm³/mol. The molecule has 2 rings (SSSR count). The summed E-state index contributed by atoms with van der Waals surface area (Å²) in [4.78, 5) is 17.9. The van der Waals surface area contributed by atoms with E-state index in [0.717, 1.165) is 17.0 Å². The van der Waals surface area contributed by atoms with Gasteiger partial charge in [0.2, 0.25) is 5.82 Å². The number of hydrogen-bond acceptors (Lipinski definition) is 3. The Balaban J connectivity index is 2.73. The van der Waals surface area contributed by atoms with Crippen LogP contribution in [0.3, 0.4) is 0 Å². The highest BCUT2D eigenvalue weighted by Crippen LogP contribution is 2.22. The first-order valence-electron chi connectivity index (χ1n) is 5.18. The maximum atomic E-state index is 13.2. The molecular weight excluding hydrogens is 223 g/mol. The fraction of sp³-hybridized carbons (Fsp3) is 0.364. The zero-order valence-corrected chi connectivity index (χ0v) is 10.1. The van der Waals surface area contributed by atoms with Crippen LogP contribution in [0.1, 0.15) is 17.1 Å². The minimum atomic E-state index is -0.840. The quantitative estimate of drug-likeness (QED) is 0.810. The summed E-state index contributed by atoms with van der Waals surface area (Å²) in [6.07, 6.45) is 0. The molecule has 0 bridgehead atoms. The van der Waals surface area contributed by atoms with Crippen molar-refractivity contribution in [3.63, 3.8) is 0 Å². The average Bonchev–Trinajstić information content (AvgIpc) is 2.49. The Labute approximate surface area is 97.3 Å². The molecule has 0 amide bonds. The van der Waals surface area contributed by atoms with E-state index in [2.05, 4.69) is 15.1 Å². The normalized spacial score (nSPS) is 10.9. The maximum Gasteiger partial charge on any atom is 0.287 e. The molecule has 17 heavy (non-hydrogen) atoms. The van der Waals surface area contributed by atoms with Gasteiger partial charge in [-0.25, -0.2) is 4.98 Å². The van der Waals surface area contributed by atoms with Crippen molar-refractivity contribution in [2.45, 2.75) is 20.8 Å². The third-order valence-electron chi connectivity index (χ3n) is 2.77. The number of rotatable bonds is 1. The molecule has 6 heteroatoms. The molecule has 0 spiro atoms. The van der Waals surface area contributed by atoms with E-state index in [-0.39, 0.29) is 5.69 Å². The van der Waals surface area contributed by atoms with Crippen molar-refractivity contribution in [1.29, 1.82) is 0 Å². The van der Waals surface area contributed by atoms with Crippen molar-refractivity contribution in [1.82, 2.24) is 19.7 Å². The Kier molecular flexibility index (Phi) is 2.57. The molecule has 0 unspecified atom stereocenters. The molecule has 0 aliphatic rings. The molecule has 0 saturated heterocycles. The van der Waals surface area contributed by atoms with Crippen LogP contribution in [0.15, 0.2) is 4.79 Å². The molecule has 2 aromatic rings. The molecule has 2 aromatic heterocycles. The summed E-state index contributed by atoms with van der Waals surface area (Å²) in [5, 5.41) is 4.23. The number of halogens is 1. The van der Waals surface area contributed by atoms with Gasteiger partial charge in [-0.05, 0) is 20.8 Å². The van der Waals surface area contributed by atoms with Crippen LogP contribution in [-0.4, -0.2) is 19.7 Å². The van der Waals surface area contributed by atoms with Crippen molar-refractivity contribution in [2.24, 2.45) is 7.05 Å². The summed E-state index contributed by atoms with van der Waals surface area (Å²) >= 11 is 0. The van der Waals surface area contributed by atoms with Gasteiger partial charge >= 0.3 is 0 Å². The number of aromatic nitrogens is 4. The van der Waals surface area contributed by atoms with Gasteiger partial charge in [0.15, 0.2) is 0 Å². The van der Waals surface area contributed by atoms with Crippen molar-refractivity contribution in [2.75, 3.05) is 0 Å². The summed E-state index contributed by atoms with van der Waals surface area (Å²) in [6, 6.07) is 0. The van der Waals surface area contributed by atoms with Crippen molar-refractivity contribution in [3.05, 3.63) is 33.3 Å². The first-order valence-corrected chi connectivity index (χ1v) is 5.18. The second-order valence-corrected chi connectivity index (χ2v) is 3.98. The molecule has 0 aromatic carbocycles. The third kappa shape index (κ3) is 1.75. The van der Waals surface area contributed by atoms with Crippen LogP contribution < -0.4 is 5.56 Å². The minimum Gasteiger partial charge on any atom is -0.304 e. The van der Waals surface area contributed by atoms with Gasteiger partial charge in [-0.2, -0.15) is 9.49 Å². The van der Waals surface area contributed by atoms with Crippen LogP contribution in [-0.2, 0) is 7.05 Å². The van der Waals surface area contributed by atoms with Crippen LogP contribution >= 0.6 is 0 Å². The lowest BCUT2D eigenvalue weighted by Crippen LogP contribution is -2.15. The summed E-state index contributed by atoms with van der Waals surface area (Å²) in [5.41, 5.74) is 1.70. The fourth-order valence-electron chi connectivity index (χ4n) is 1.81. The molecule has 0 aliphatic carbocycles. The zero-order chi connectivity index (χ0) is 12.7. The molecule has 90 valence electrons. The van der Waals surface area contributed by atoms with Crippen molar-refractivity contribution >= 4 is 0 Å². The Morgan fingerprint density at radius 1 is 1.24 bits per heavy atom. The van der Waals surface area contributed by atoms with E-state index < -0.39 is 11.4 Å². The second-order valence-electron chi connectivity index (χ2n) is 3.98. The largest absolute Gasteiger partial charge is 0.304 e. The second kappa shape index (κ2) is 3.80. The van der Waals surface area contributed by atoms with E-state index in [1.54, 1.807) is 11.7 Å². The molecule has 0 fully saturated rings.